The molecule has 7 heteroatoms. The van der Waals surface area contributed by atoms with E-state index < -0.39 is 11.6 Å². The monoisotopic (exact) mass is 317 g/mol. The first kappa shape index (κ1) is 13.1. The van der Waals surface area contributed by atoms with Crippen LogP contribution in [0.4, 0.5) is 0 Å². The number of carboxylic acid groups (broad SMARTS) is 1. The van der Waals surface area contributed by atoms with Crippen LogP contribution in [0.2, 0.25) is 0 Å². The number of rotatable bonds is 4. The van der Waals surface area contributed by atoms with Crippen LogP contribution in [-0.4, -0.2) is 47.2 Å². The van der Waals surface area contributed by atoms with Crippen LogP contribution in [0.5, 0.6) is 0 Å². The van der Waals surface area contributed by atoms with Gasteiger partial charge in [-0.3, -0.25) is 4.79 Å². The average molecular weight is 318 g/mol. The maximum absolute atomic E-state index is 11.9. The first-order valence-electron chi connectivity index (χ1n) is 5.30. The zero-order valence-corrected chi connectivity index (χ0v) is 11.3. The Bertz CT molecular complexity index is 478. The van der Waals surface area contributed by atoms with Gasteiger partial charge in [0.1, 0.15) is 12.2 Å². The highest BCUT2D eigenvalue weighted by molar-refractivity contribution is 9.10. The SMILES string of the molecule is CC1(OCC(=O)O)CN(C(=O)c2ccc(Br)o2)C1. The molecule has 0 saturated carbocycles. The molecule has 1 amide bonds. The van der Waals surface area contributed by atoms with Crippen molar-refractivity contribution in [2.45, 2.75) is 12.5 Å². The van der Waals surface area contributed by atoms with Gasteiger partial charge in [0.2, 0.25) is 0 Å². The summed E-state index contributed by atoms with van der Waals surface area (Å²) in [6.07, 6.45) is 0. The zero-order valence-electron chi connectivity index (χ0n) is 9.68. The molecule has 2 rings (SSSR count). The number of carboxylic acids is 1. The summed E-state index contributed by atoms with van der Waals surface area (Å²) in [5.41, 5.74) is -0.585. The highest BCUT2D eigenvalue weighted by Crippen LogP contribution is 2.27. The van der Waals surface area contributed by atoms with Gasteiger partial charge in [0.05, 0.1) is 13.1 Å². The zero-order chi connectivity index (χ0) is 13.3. The summed E-state index contributed by atoms with van der Waals surface area (Å²) < 4.78 is 10.9. The van der Waals surface area contributed by atoms with E-state index in [1.54, 1.807) is 24.0 Å². The van der Waals surface area contributed by atoms with E-state index in [4.69, 9.17) is 14.3 Å². The molecule has 1 N–H and O–H groups in total. The predicted molar refractivity (Wildman–Crippen MR) is 64.3 cm³/mol. The van der Waals surface area contributed by atoms with Gasteiger partial charge in [-0.25, -0.2) is 4.79 Å². The smallest absolute Gasteiger partial charge is 0.329 e. The molecule has 0 atom stereocenters. The topological polar surface area (TPSA) is 80.0 Å². The summed E-state index contributed by atoms with van der Waals surface area (Å²) in [5.74, 6) is -0.991. The van der Waals surface area contributed by atoms with Crippen LogP contribution in [0, 0.1) is 0 Å². The van der Waals surface area contributed by atoms with Crippen molar-refractivity contribution < 1.29 is 23.8 Å². The van der Waals surface area contributed by atoms with E-state index in [2.05, 4.69) is 15.9 Å². The van der Waals surface area contributed by atoms with E-state index >= 15 is 0 Å². The highest BCUT2D eigenvalue weighted by atomic mass is 79.9. The van der Waals surface area contributed by atoms with Gasteiger partial charge in [0, 0.05) is 0 Å². The molecule has 0 bridgehead atoms. The third-order valence-electron chi connectivity index (χ3n) is 2.67. The van der Waals surface area contributed by atoms with Crippen molar-refractivity contribution >= 4 is 27.8 Å². The van der Waals surface area contributed by atoms with Crippen LogP contribution in [0.25, 0.3) is 0 Å². The molecule has 2 heterocycles. The normalized spacial score (nSPS) is 17.3. The summed E-state index contributed by atoms with van der Waals surface area (Å²) in [6, 6.07) is 3.23. The van der Waals surface area contributed by atoms with E-state index in [1.165, 1.54) is 0 Å². The van der Waals surface area contributed by atoms with Gasteiger partial charge < -0.3 is 19.2 Å². The largest absolute Gasteiger partial charge is 0.480 e. The fourth-order valence-corrected chi connectivity index (χ4v) is 2.12. The van der Waals surface area contributed by atoms with Gasteiger partial charge in [-0.05, 0) is 35.0 Å². The molecular weight excluding hydrogens is 306 g/mol. The van der Waals surface area contributed by atoms with E-state index in [1.807, 2.05) is 0 Å². The van der Waals surface area contributed by atoms with E-state index in [0.29, 0.717) is 17.8 Å². The number of aliphatic carboxylic acids is 1. The lowest BCUT2D eigenvalue weighted by Gasteiger charge is -2.46. The summed E-state index contributed by atoms with van der Waals surface area (Å²) in [6.45, 7) is 2.14. The van der Waals surface area contributed by atoms with Gasteiger partial charge >= 0.3 is 5.97 Å². The van der Waals surface area contributed by atoms with Crippen molar-refractivity contribution in [3.63, 3.8) is 0 Å². The Labute approximate surface area is 112 Å². The number of carbonyl (C=O) groups is 2. The minimum atomic E-state index is -1.02. The summed E-state index contributed by atoms with van der Waals surface area (Å²) in [5, 5.41) is 8.53. The average Bonchev–Trinajstić information content (AvgIpc) is 2.68. The van der Waals surface area contributed by atoms with Crippen molar-refractivity contribution in [1.29, 1.82) is 0 Å². The molecule has 98 valence electrons. The first-order chi connectivity index (χ1) is 8.39. The van der Waals surface area contributed by atoms with Crippen LogP contribution < -0.4 is 0 Å². The lowest BCUT2D eigenvalue weighted by molar-refractivity contribution is -0.160. The minimum Gasteiger partial charge on any atom is -0.480 e. The Morgan fingerprint density at radius 1 is 1.56 bits per heavy atom. The second kappa shape index (κ2) is 4.74. The maximum atomic E-state index is 11.9. The Kier molecular flexibility index (Phi) is 3.45. The molecule has 1 aromatic rings. The summed E-state index contributed by atoms with van der Waals surface area (Å²) in [4.78, 5) is 23.9. The van der Waals surface area contributed by atoms with Gasteiger partial charge in [-0.15, -0.1) is 0 Å². The molecule has 1 fully saturated rings. The predicted octanol–water partition coefficient (Wildman–Crippen LogP) is 1.36. The molecule has 1 aliphatic heterocycles. The molecule has 0 radical (unpaired) electrons. The lowest BCUT2D eigenvalue weighted by Crippen LogP contribution is -2.63. The number of amides is 1. The molecule has 0 unspecified atom stereocenters. The van der Waals surface area contributed by atoms with E-state index in [-0.39, 0.29) is 18.3 Å². The number of hydrogen-bond acceptors (Lipinski definition) is 4. The summed E-state index contributed by atoms with van der Waals surface area (Å²) >= 11 is 3.13. The second-order valence-corrected chi connectivity index (χ2v) is 5.18. The number of halogens is 1. The van der Waals surface area contributed by atoms with Crippen LogP contribution in [0.15, 0.2) is 21.2 Å². The number of hydrogen-bond donors (Lipinski definition) is 1. The molecule has 0 aliphatic carbocycles. The Morgan fingerprint density at radius 2 is 2.22 bits per heavy atom. The van der Waals surface area contributed by atoms with Crippen molar-refractivity contribution in [1.82, 2.24) is 4.90 Å². The standard InChI is InChI=1S/C11H12BrNO5/c1-11(17-4-9(14)15)5-13(6-11)10(16)7-2-3-8(12)18-7/h2-3H,4-6H2,1H3,(H,14,15). The Hall–Kier alpha value is -1.34. The third kappa shape index (κ3) is 2.73. The van der Waals surface area contributed by atoms with Crippen LogP contribution >= 0.6 is 15.9 Å². The molecule has 0 spiro atoms. The van der Waals surface area contributed by atoms with Crippen molar-refractivity contribution in [2.24, 2.45) is 0 Å². The van der Waals surface area contributed by atoms with Crippen LogP contribution in [-0.2, 0) is 9.53 Å². The van der Waals surface area contributed by atoms with Crippen molar-refractivity contribution in [3.8, 4) is 0 Å². The molecule has 1 aromatic heterocycles. The number of ether oxygens (including phenoxy) is 1. The molecule has 1 aliphatic rings. The molecule has 18 heavy (non-hydrogen) atoms. The highest BCUT2D eigenvalue weighted by Gasteiger charge is 2.43. The lowest BCUT2D eigenvalue weighted by atomic mass is 9.96. The Morgan fingerprint density at radius 3 is 2.72 bits per heavy atom. The number of carbonyl (C=O) groups excluding carboxylic acids is 1. The summed E-state index contributed by atoms with van der Waals surface area (Å²) in [7, 11) is 0. The van der Waals surface area contributed by atoms with Crippen LogP contribution in [0.3, 0.4) is 0 Å². The first-order valence-corrected chi connectivity index (χ1v) is 6.09. The molecule has 0 aromatic carbocycles. The quantitative estimate of drug-likeness (QED) is 0.907. The molecular formula is C11H12BrNO5. The van der Waals surface area contributed by atoms with Crippen LogP contribution in [0.1, 0.15) is 17.5 Å². The Balaban J connectivity index is 1.88. The number of likely N-dealkylation sites (tertiary alicyclic amines) is 1. The van der Waals surface area contributed by atoms with Gasteiger partial charge in [-0.2, -0.15) is 0 Å². The van der Waals surface area contributed by atoms with E-state index in [9.17, 15) is 9.59 Å². The maximum Gasteiger partial charge on any atom is 0.329 e. The van der Waals surface area contributed by atoms with Crippen molar-refractivity contribution in [2.75, 3.05) is 19.7 Å². The number of furan rings is 1. The third-order valence-corrected chi connectivity index (χ3v) is 3.09. The second-order valence-electron chi connectivity index (χ2n) is 4.40. The minimum absolute atomic E-state index is 0.225. The van der Waals surface area contributed by atoms with Crippen molar-refractivity contribution in [3.05, 3.63) is 22.6 Å². The molecule has 6 nitrogen and oxygen atoms in total. The fraction of sp³-hybridized carbons (Fsp3) is 0.455. The van der Waals surface area contributed by atoms with Gasteiger partial charge in [0.15, 0.2) is 10.4 Å². The van der Waals surface area contributed by atoms with Gasteiger partial charge in [0.25, 0.3) is 5.91 Å². The fourth-order valence-electron chi connectivity index (χ4n) is 1.82. The van der Waals surface area contributed by atoms with Gasteiger partial charge in [-0.1, -0.05) is 0 Å². The van der Waals surface area contributed by atoms with E-state index in [0.717, 1.165) is 0 Å². The molecule has 1 saturated heterocycles. The number of nitrogens with zero attached hydrogens (tertiary/aromatic N) is 1.